The molecule has 0 aliphatic carbocycles. The monoisotopic (exact) mass is 243 g/mol. The van der Waals surface area contributed by atoms with E-state index in [0.717, 1.165) is 10.0 Å². The molecule has 0 aromatic heterocycles. The van der Waals surface area contributed by atoms with Crippen molar-refractivity contribution in [2.24, 2.45) is 5.73 Å². The highest BCUT2D eigenvalue weighted by atomic mass is 79.9. The van der Waals surface area contributed by atoms with E-state index < -0.39 is 0 Å². The highest BCUT2D eigenvalue weighted by Crippen LogP contribution is 2.23. The lowest BCUT2D eigenvalue weighted by Crippen LogP contribution is -2.16. The Balaban J connectivity index is 2.91. The molecule has 0 unspecified atom stereocenters. The lowest BCUT2D eigenvalue weighted by molar-refractivity contribution is 0.180. The second kappa shape index (κ2) is 4.74. The number of nitrogens with two attached hydrogens (primary N) is 1. The molecule has 0 aliphatic rings. The maximum atomic E-state index is 5.92. The van der Waals surface area contributed by atoms with Crippen LogP contribution in [0, 0.1) is 6.92 Å². The van der Waals surface area contributed by atoms with Crippen LogP contribution < -0.4 is 5.73 Å². The van der Waals surface area contributed by atoms with E-state index in [1.807, 2.05) is 12.1 Å². The number of hydrogen-bond donors (Lipinski definition) is 1. The highest BCUT2D eigenvalue weighted by molar-refractivity contribution is 9.10. The van der Waals surface area contributed by atoms with Gasteiger partial charge in [-0.1, -0.05) is 33.6 Å². The molecule has 1 rings (SSSR count). The summed E-state index contributed by atoms with van der Waals surface area (Å²) in [7, 11) is 1.66. The van der Waals surface area contributed by atoms with Gasteiger partial charge in [-0.05, 0) is 18.6 Å². The van der Waals surface area contributed by atoms with Gasteiger partial charge in [-0.25, -0.2) is 0 Å². The Morgan fingerprint density at radius 2 is 2.23 bits per heavy atom. The van der Waals surface area contributed by atoms with Crippen LogP contribution in [0.15, 0.2) is 22.7 Å². The number of aryl methyl sites for hydroxylation is 1. The summed E-state index contributed by atoms with van der Waals surface area (Å²) < 4.78 is 6.05. The average Bonchev–Trinajstić information content (AvgIpc) is 2.09. The van der Waals surface area contributed by atoms with Gasteiger partial charge in [-0.15, -0.1) is 0 Å². The minimum Gasteiger partial charge on any atom is -0.383 e. The van der Waals surface area contributed by atoms with Crippen molar-refractivity contribution in [1.82, 2.24) is 0 Å². The van der Waals surface area contributed by atoms with Crippen LogP contribution in [0.2, 0.25) is 0 Å². The number of hydrogen-bond acceptors (Lipinski definition) is 2. The third-order valence-corrected chi connectivity index (χ3v) is 2.62. The summed E-state index contributed by atoms with van der Waals surface area (Å²) in [4.78, 5) is 0. The van der Waals surface area contributed by atoms with Crippen LogP contribution in [-0.2, 0) is 4.74 Å². The van der Waals surface area contributed by atoms with Gasteiger partial charge in [0, 0.05) is 11.6 Å². The van der Waals surface area contributed by atoms with E-state index in [-0.39, 0.29) is 6.04 Å². The predicted octanol–water partition coefficient (Wildman–Crippen LogP) is 2.40. The quantitative estimate of drug-likeness (QED) is 0.886. The molecule has 72 valence electrons. The molecule has 1 atom stereocenters. The van der Waals surface area contributed by atoms with Crippen molar-refractivity contribution in [3.63, 3.8) is 0 Å². The van der Waals surface area contributed by atoms with Gasteiger partial charge in [0.1, 0.15) is 0 Å². The maximum Gasteiger partial charge on any atom is 0.0655 e. The van der Waals surface area contributed by atoms with Gasteiger partial charge in [0.25, 0.3) is 0 Å². The van der Waals surface area contributed by atoms with E-state index in [2.05, 4.69) is 28.9 Å². The molecule has 0 bridgehead atoms. The van der Waals surface area contributed by atoms with Gasteiger partial charge in [0.15, 0.2) is 0 Å². The van der Waals surface area contributed by atoms with Crippen molar-refractivity contribution in [2.45, 2.75) is 13.0 Å². The summed E-state index contributed by atoms with van der Waals surface area (Å²) in [5, 5.41) is 0. The lowest BCUT2D eigenvalue weighted by atomic mass is 10.1. The predicted molar refractivity (Wildman–Crippen MR) is 57.7 cm³/mol. The number of rotatable bonds is 3. The molecule has 2 nitrogen and oxygen atoms in total. The summed E-state index contributed by atoms with van der Waals surface area (Å²) >= 11 is 3.47. The molecular formula is C10H14BrNO. The smallest absolute Gasteiger partial charge is 0.0655 e. The van der Waals surface area contributed by atoms with Crippen LogP contribution in [0.1, 0.15) is 17.2 Å². The minimum absolute atomic E-state index is 0.0562. The first-order valence-electron chi connectivity index (χ1n) is 4.15. The molecule has 0 spiro atoms. The van der Waals surface area contributed by atoms with Crippen LogP contribution in [-0.4, -0.2) is 13.7 Å². The molecule has 3 heteroatoms. The van der Waals surface area contributed by atoms with Crippen LogP contribution >= 0.6 is 15.9 Å². The number of benzene rings is 1. The normalized spacial score (nSPS) is 12.9. The topological polar surface area (TPSA) is 35.2 Å². The Morgan fingerprint density at radius 1 is 1.54 bits per heavy atom. The first kappa shape index (κ1) is 10.7. The van der Waals surface area contributed by atoms with Crippen LogP contribution in [0.25, 0.3) is 0 Å². The first-order valence-corrected chi connectivity index (χ1v) is 4.95. The Kier molecular flexibility index (Phi) is 3.90. The van der Waals surface area contributed by atoms with Gasteiger partial charge < -0.3 is 10.5 Å². The van der Waals surface area contributed by atoms with E-state index in [9.17, 15) is 0 Å². The Hall–Kier alpha value is -0.380. The zero-order valence-electron chi connectivity index (χ0n) is 7.88. The van der Waals surface area contributed by atoms with E-state index in [4.69, 9.17) is 10.5 Å². The molecule has 2 N–H and O–H groups in total. The third kappa shape index (κ3) is 2.79. The van der Waals surface area contributed by atoms with Gasteiger partial charge in [-0.2, -0.15) is 0 Å². The SMILES string of the molecule is COC[C@@H](N)c1cc(C)ccc1Br. The summed E-state index contributed by atoms with van der Waals surface area (Å²) in [5.74, 6) is 0. The molecule has 13 heavy (non-hydrogen) atoms. The van der Waals surface area contributed by atoms with E-state index in [1.165, 1.54) is 5.56 Å². The lowest BCUT2D eigenvalue weighted by Gasteiger charge is -2.13. The molecule has 0 aliphatic heterocycles. The highest BCUT2D eigenvalue weighted by Gasteiger charge is 2.09. The van der Waals surface area contributed by atoms with Crippen LogP contribution in [0.3, 0.4) is 0 Å². The van der Waals surface area contributed by atoms with Crippen molar-refractivity contribution < 1.29 is 4.74 Å². The van der Waals surface area contributed by atoms with Crippen LogP contribution in [0.5, 0.6) is 0 Å². The van der Waals surface area contributed by atoms with Crippen molar-refractivity contribution in [1.29, 1.82) is 0 Å². The fraction of sp³-hybridized carbons (Fsp3) is 0.400. The number of halogens is 1. The summed E-state index contributed by atoms with van der Waals surface area (Å²) in [6.07, 6.45) is 0. The van der Waals surface area contributed by atoms with E-state index >= 15 is 0 Å². The van der Waals surface area contributed by atoms with E-state index in [1.54, 1.807) is 7.11 Å². The number of methoxy groups -OCH3 is 1. The van der Waals surface area contributed by atoms with Crippen molar-refractivity contribution in [3.8, 4) is 0 Å². The third-order valence-electron chi connectivity index (χ3n) is 1.90. The maximum absolute atomic E-state index is 5.92. The zero-order chi connectivity index (χ0) is 9.84. The second-order valence-corrected chi connectivity index (χ2v) is 3.94. The average molecular weight is 244 g/mol. The molecule has 1 aromatic rings. The number of ether oxygens (including phenoxy) is 1. The summed E-state index contributed by atoms with van der Waals surface area (Å²) in [6.45, 7) is 2.59. The van der Waals surface area contributed by atoms with Crippen LogP contribution in [0.4, 0.5) is 0 Å². The van der Waals surface area contributed by atoms with Crippen molar-refractivity contribution >= 4 is 15.9 Å². The molecule has 1 aromatic carbocycles. The van der Waals surface area contributed by atoms with Gasteiger partial charge in [-0.3, -0.25) is 0 Å². The van der Waals surface area contributed by atoms with Crippen molar-refractivity contribution in [3.05, 3.63) is 33.8 Å². The van der Waals surface area contributed by atoms with Gasteiger partial charge in [0.05, 0.1) is 12.6 Å². The van der Waals surface area contributed by atoms with Gasteiger partial charge in [0.2, 0.25) is 0 Å². The fourth-order valence-corrected chi connectivity index (χ4v) is 1.76. The fourth-order valence-electron chi connectivity index (χ4n) is 1.22. The molecule has 0 heterocycles. The molecule has 0 amide bonds. The minimum atomic E-state index is -0.0562. The molecule has 0 saturated carbocycles. The molecule has 0 radical (unpaired) electrons. The standard InChI is InChI=1S/C10H14BrNO/c1-7-3-4-9(11)8(5-7)10(12)6-13-2/h3-5,10H,6,12H2,1-2H3/t10-/m1/s1. The second-order valence-electron chi connectivity index (χ2n) is 3.09. The molecule has 0 saturated heterocycles. The largest absolute Gasteiger partial charge is 0.383 e. The van der Waals surface area contributed by atoms with Gasteiger partial charge >= 0.3 is 0 Å². The Morgan fingerprint density at radius 3 is 2.85 bits per heavy atom. The summed E-state index contributed by atoms with van der Waals surface area (Å²) in [6, 6.07) is 6.08. The van der Waals surface area contributed by atoms with Crippen molar-refractivity contribution in [2.75, 3.05) is 13.7 Å². The first-order chi connectivity index (χ1) is 6.15. The zero-order valence-corrected chi connectivity index (χ0v) is 9.47. The molecular weight excluding hydrogens is 230 g/mol. The summed E-state index contributed by atoms with van der Waals surface area (Å²) in [5.41, 5.74) is 8.23. The van der Waals surface area contributed by atoms with E-state index in [0.29, 0.717) is 6.61 Å². The molecule has 0 fully saturated rings. The Bertz CT molecular complexity index is 288. The Labute approximate surface area is 87.2 Å².